The Morgan fingerprint density at radius 1 is 1.43 bits per heavy atom. The highest BCUT2D eigenvalue weighted by atomic mass is 79.9. The maximum atomic E-state index is 11.8. The van der Waals surface area contributed by atoms with E-state index >= 15 is 0 Å². The zero-order valence-electron chi connectivity index (χ0n) is 8.13. The zero-order chi connectivity index (χ0) is 10.3. The molecule has 3 heteroatoms. The molecule has 14 heavy (non-hydrogen) atoms. The molecule has 0 N–H and O–H groups in total. The molecule has 0 atom stereocenters. The molecular weight excluding hydrogens is 260 g/mol. The maximum absolute atomic E-state index is 11.8. The molecule has 0 aliphatic carbocycles. The molecule has 1 aliphatic heterocycles. The predicted octanol–water partition coefficient (Wildman–Crippen LogP) is 3.91. The fourth-order valence-corrected chi connectivity index (χ4v) is 3.20. The first kappa shape index (κ1) is 10.2. The Balaban J connectivity index is 2.50. The van der Waals surface area contributed by atoms with Crippen molar-refractivity contribution in [1.82, 2.24) is 0 Å². The lowest BCUT2D eigenvalue weighted by Gasteiger charge is -2.29. The van der Waals surface area contributed by atoms with Crippen LogP contribution < -0.4 is 0 Å². The maximum Gasteiger partial charge on any atom is 0.165 e. The van der Waals surface area contributed by atoms with Gasteiger partial charge in [-0.25, -0.2) is 0 Å². The minimum atomic E-state index is 0.0396. The molecule has 74 valence electrons. The van der Waals surface area contributed by atoms with Crippen LogP contribution in [0.15, 0.2) is 27.6 Å². The Morgan fingerprint density at radius 3 is 2.86 bits per heavy atom. The summed E-state index contributed by atoms with van der Waals surface area (Å²) in [6.07, 6.45) is 0.626. The van der Waals surface area contributed by atoms with E-state index in [1.165, 1.54) is 0 Å². The van der Waals surface area contributed by atoms with Gasteiger partial charge in [0.05, 0.1) is 0 Å². The predicted molar refractivity (Wildman–Crippen MR) is 63.0 cm³/mol. The summed E-state index contributed by atoms with van der Waals surface area (Å²) in [5.41, 5.74) is 0.865. The number of hydrogen-bond acceptors (Lipinski definition) is 2. The van der Waals surface area contributed by atoms with Crippen LogP contribution >= 0.6 is 27.7 Å². The van der Waals surface area contributed by atoms with Crippen molar-refractivity contribution in [2.24, 2.45) is 0 Å². The molecule has 1 aromatic carbocycles. The van der Waals surface area contributed by atoms with E-state index in [4.69, 9.17) is 0 Å². The van der Waals surface area contributed by atoms with Gasteiger partial charge < -0.3 is 0 Å². The van der Waals surface area contributed by atoms with E-state index in [1.807, 2.05) is 18.2 Å². The van der Waals surface area contributed by atoms with Gasteiger partial charge in [-0.3, -0.25) is 4.79 Å². The van der Waals surface area contributed by atoms with Gasteiger partial charge in [0.25, 0.3) is 0 Å². The summed E-state index contributed by atoms with van der Waals surface area (Å²) >= 11 is 5.17. The lowest BCUT2D eigenvalue weighted by atomic mass is 9.99. The Bertz CT molecular complexity index is 398. The van der Waals surface area contributed by atoms with Crippen molar-refractivity contribution in [3.63, 3.8) is 0 Å². The average molecular weight is 271 g/mol. The highest BCUT2D eigenvalue weighted by Gasteiger charge is 2.31. The highest BCUT2D eigenvalue weighted by Crippen LogP contribution is 2.43. The number of ketones is 1. The van der Waals surface area contributed by atoms with Gasteiger partial charge in [-0.05, 0) is 32.0 Å². The molecule has 1 aliphatic rings. The number of Topliss-reactive ketones (excluding diaryl/α,β-unsaturated/α-hetero) is 1. The molecule has 0 spiro atoms. The third-order valence-corrected chi connectivity index (χ3v) is 3.98. The van der Waals surface area contributed by atoms with Crippen molar-refractivity contribution < 1.29 is 4.79 Å². The molecular formula is C11H11BrOS. The summed E-state index contributed by atoms with van der Waals surface area (Å²) in [4.78, 5) is 12.9. The van der Waals surface area contributed by atoms with Crippen LogP contribution in [-0.2, 0) is 0 Å². The topological polar surface area (TPSA) is 17.1 Å². The molecule has 2 rings (SSSR count). The van der Waals surface area contributed by atoms with Crippen LogP contribution in [0.4, 0.5) is 0 Å². The van der Waals surface area contributed by atoms with Crippen molar-refractivity contribution in [2.45, 2.75) is 29.9 Å². The monoisotopic (exact) mass is 270 g/mol. The van der Waals surface area contributed by atoms with E-state index in [0.29, 0.717) is 6.42 Å². The van der Waals surface area contributed by atoms with E-state index in [2.05, 4.69) is 29.8 Å². The Hall–Kier alpha value is -0.280. The third kappa shape index (κ3) is 1.89. The van der Waals surface area contributed by atoms with Crippen molar-refractivity contribution in [2.75, 3.05) is 0 Å². The van der Waals surface area contributed by atoms with Gasteiger partial charge in [-0.1, -0.05) is 15.9 Å². The second-order valence-corrected chi connectivity index (χ2v) is 6.77. The lowest BCUT2D eigenvalue weighted by molar-refractivity contribution is 0.0967. The van der Waals surface area contributed by atoms with Gasteiger partial charge in [0.15, 0.2) is 5.78 Å². The standard InChI is InChI=1S/C11H11BrOS/c1-11(2)6-9(13)8-5-7(12)3-4-10(8)14-11/h3-5H,6H2,1-2H3. The largest absolute Gasteiger partial charge is 0.294 e. The van der Waals surface area contributed by atoms with Crippen LogP contribution in [0.3, 0.4) is 0 Å². The van der Waals surface area contributed by atoms with Crippen LogP contribution in [0.2, 0.25) is 0 Å². The Kier molecular flexibility index (Phi) is 2.48. The molecule has 0 fully saturated rings. The summed E-state index contributed by atoms with van der Waals surface area (Å²) in [6, 6.07) is 5.92. The van der Waals surface area contributed by atoms with E-state index < -0.39 is 0 Å². The smallest absolute Gasteiger partial charge is 0.165 e. The second kappa shape index (κ2) is 3.38. The molecule has 0 aromatic heterocycles. The molecule has 1 aromatic rings. The van der Waals surface area contributed by atoms with Crippen LogP contribution in [0.5, 0.6) is 0 Å². The van der Waals surface area contributed by atoms with Crippen LogP contribution in [0, 0.1) is 0 Å². The van der Waals surface area contributed by atoms with Gasteiger partial charge in [0.1, 0.15) is 0 Å². The minimum Gasteiger partial charge on any atom is -0.294 e. The summed E-state index contributed by atoms with van der Waals surface area (Å²) in [6.45, 7) is 4.22. The number of thioether (sulfide) groups is 1. The van der Waals surface area contributed by atoms with Gasteiger partial charge in [0, 0.05) is 26.1 Å². The SMILES string of the molecule is CC1(C)CC(=O)c2cc(Br)ccc2S1. The number of carbonyl (C=O) groups is 1. The Labute approximate surface area is 96.4 Å². The molecule has 1 nitrogen and oxygen atoms in total. The molecule has 0 saturated carbocycles. The number of benzene rings is 1. The van der Waals surface area contributed by atoms with E-state index in [9.17, 15) is 4.79 Å². The van der Waals surface area contributed by atoms with Crippen LogP contribution in [-0.4, -0.2) is 10.5 Å². The fraction of sp³-hybridized carbons (Fsp3) is 0.364. The number of rotatable bonds is 0. The molecule has 0 saturated heterocycles. The first-order chi connectivity index (χ1) is 6.48. The lowest BCUT2D eigenvalue weighted by Crippen LogP contribution is -2.25. The molecule has 1 heterocycles. The number of fused-ring (bicyclic) bond motifs is 1. The van der Waals surface area contributed by atoms with Crippen molar-refractivity contribution in [3.05, 3.63) is 28.2 Å². The third-order valence-electron chi connectivity index (χ3n) is 2.21. The average Bonchev–Trinajstić information content (AvgIpc) is 2.05. The summed E-state index contributed by atoms with van der Waals surface area (Å²) in [5, 5.41) is 0. The van der Waals surface area contributed by atoms with E-state index in [-0.39, 0.29) is 10.5 Å². The molecule has 0 radical (unpaired) electrons. The van der Waals surface area contributed by atoms with Crippen molar-refractivity contribution in [1.29, 1.82) is 0 Å². The van der Waals surface area contributed by atoms with Gasteiger partial charge in [0.2, 0.25) is 0 Å². The minimum absolute atomic E-state index is 0.0396. The molecule has 0 bridgehead atoms. The highest BCUT2D eigenvalue weighted by molar-refractivity contribution is 9.10. The van der Waals surface area contributed by atoms with Gasteiger partial charge >= 0.3 is 0 Å². The summed E-state index contributed by atoms with van der Waals surface area (Å²) < 4.78 is 1.02. The van der Waals surface area contributed by atoms with E-state index in [0.717, 1.165) is 14.9 Å². The Morgan fingerprint density at radius 2 is 2.14 bits per heavy atom. The quantitative estimate of drug-likeness (QED) is 0.711. The van der Waals surface area contributed by atoms with Gasteiger partial charge in [-0.2, -0.15) is 0 Å². The second-order valence-electron chi connectivity index (χ2n) is 4.10. The number of carbonyl (C=O) groups excluding carboxylic acids is 1. The number of halogens is 1. The van der Waals surface area contributed by atoms with Crippen molar-refractivity contribution in [3.8, 4) is 0 Å². The van der Waals surface area contributed by atoms with Crippen LogP contribution in [0.1, 0.15) is 30.6 Å². The molecule has 0 unspecified atom stereocenters. The molecule has 0 amide bonds. The fourth-order valence-electron chi connectivity index (χ4n) is 1.62. The normalized spacial score (nSPS) is 19.2. The summed E-state index contributed by atoms with van der Waals surface area (Å²) in [7, 11) is 0. The van der Waals surface area contributed by atoms with Crippen molar-refractivity contribution >= 4 is 33.5 Å². The van der Waals surface area contributed by atoms with Crippen LogP contribution in [0.25, 0.3) is 0 Å². The van der Waals surface area contributed by atoms with Gasteiger partial charge in [-0.15, -0.1) is 11.8 Å². The zero-order valence-corrected chi connectivity index (χ0v) is 10.5. The first-order valence-corrected chi connectivity index (χ1v) is 6.11. The number of hydrogen-bond donors (Lipinski definition) is 0. The first-order valence-electron chi connectivity index (χ1n) is 4.50. The summed E-state index contributed by atoms with van der Waals surface area (Å²) in [5.74, 6) is 0.255. The van der Waals surface area contributed by atoms with E-state index in [1.54, 1.807) is 11.8 Å².